The Morgan fingerprint density at radius 1 is 0.639 bits per heavy atom. The van der Waals surface area contributed by atoms with E-state index in [-0.39, 0.29) is 5.56 Å². The Labute approximate surface area is 206 Å². The Kier molecular flexibility index (Phi) is 8.41. The number of hydrogen-bond donors (Lipinski definition) is 0. The number of ether oxygens (including phenoxy) is 2. The maximum absolute atomic E-state index is 13.7. The van der Waals surface area contributed by atoms with Crippen molar-refractivity contribution in [2.45, 2.75) is 6.18 Å². The molecule has 0 atom stereocenters. The molecule has 3 aromatic rings. The van der Waals surface area contributed by atoms with Gasteiger partial charge in [-0.05, 0) is 52.6 Å². The smallest absolute Gasteiger partial charge is 0.417 e. The van der Waals surface area contributed by atoms with Crippen molar-refractivity contribution in [3.63, 3.8) is 0 Å². The molecule has 0 saturated carbocycles. The predicted molar refractivity (Wildman–Crippen MR) is 134 cm³/mol. The van der Waals surface area contributed by atoms with Crippen molar-refractivity contribution in [1.82, 2.24) is 0 Å². The van der Waals surface area contributed by atoms with E-state index in [1.807, 2.05) is 0 Å². The minimum Gasteiger partial charge on any atom is -0.423 e. The number of rotatable bonds is 8. The SMILES string of the molecule is C=CC(=O)Oc1ccc(/C=C/c2ccc(/C=C/c3ccc(OC(=O)C=C)cc3)c(C(F)(F)F)c2)cc1. The van der Waals surface area contributed by atoms with Crippen molar-refractivity contribution >= 4 is 36.2 Å². The van der Waals surface area contributed by atoms with E-state index < -0.39 is 23.7 Å². The van der Waals surface area contributed by atoms with Gasteiger partial charge in [-0.2, -0.15) is 13.2 Å². The molecule has 4 nitrogen and oxygen atoms in total. The highest BCUT2D eigenvalue weighted by molar-refractivity contribution is 5.84. The Bertz CT molecular complexity index is 1320. The molecule has 0 fully saturated rings. The average molecular weight is 490 g/mol. The van der Waals surface area contributed by atoms with E-state index >= 15 is 0 Å². The van der Waals surface area contributed by atoms with Gasteiger partial charge in [-0.15, -0.1) is 0 Å². The first kappa shape index (κ1) is 26.0. The van der Waals surface area contributed by atoms with Gasteiger partial charge in [0.15, 0.2) is 0 Å². The van der Waals surface area contributed by atoms with Crippen LogP contribution in [0.25, 0.3) is 24.3 Å². The third-order valence-corrected chi connectivity index (χ3v) is 4.84. The molecule has 0 radical (unpaired) electrons. The molecule has 182 valence electrons. The lowest BCUT2D eigenvalue weighted by atomic mass is 10.0. The molecule has 36 heavy (non-hydrogen) atoms. The largest absolute Gasteiger partial charge is 0.423 e. The van der Waals surface area contributed by atoms with E-state index in [0.29, 0.717) is 28.2 Å². The molecule has 0 aliphatic rings. The lowest BCUT2D eigenvalue weighted by Crippen LogP contribution is -2.07. The molecule has 0 unspecified atom stereocenters. The maximum atomic E-state index is 13.7. The third kappa shape index (κ3) is 7.43. The molecule has 3 rings (SSSR count). The van der Waals surface area contributed by atoms with Gasteiger partial charge in [-0.3, -0.25) is 0 Å². The third-order valence-electron chi connectivity index (χ3n) is 4.84. The number of alkyl halides is 3. The van der Waals surface area contributed by atoms with Crippen LogP contribution in [0.15, 0.2) is 92.0 Å². The summed E-state index contributed by atoms with van der Waals surface area (Å²) in [5.74, 6) is -0.553. The van der Waals surface area contributed by atoms with Crippen LogP contribution in [0.2, 0.25) is 0 Å². The molecule has 0 spiro atoms. The lowest BCUT2D eigenvalue weighted by Gasteiger charge is -2.11. The van der Waals surface area contributed by atoms with E-state index in [2.05, 4.69) is 13.2 Å². The van der Waals surface area contributed by atoms with Gasteiger partial charge in [0.1, 0.15) is 11.5 Å². The van der Waals surface area contributed by atoms with Crippen LogP contribution in [0.3, 0.4) is 0 Å². The summed E-state index contributed by atoms with van der Waals surface area (Å²) in [5, 5.41) is 0. The summed E-state index contributed by atoms with van der Waals surface area (Å²) < 4.78 is 51.2. The summed E-state index contributed by atoms with van der Waals surface area (Å²) in [6, 6.07) is 16.9. The summed E-state index contributed by atoms with van der Waals surface area (Å²) in [7, 11) is 0. The number of esters is 2. The molecule has 0 heterocycles. The van der Waals surface area contributed by atoms with Crippen molar-refractivity contribution in [2.75, 3.05) is 0 Å². The molecule has 0 aliphatic heterocycles. The second-order valence-electron chi connectivity index (χ2n) is 7.40. The summed E-state index contributed by atoms with van der Waals surface area (Å²) in [5.41, 5.74) is 0.954. The van der Waals surface area contributed by atoms with E-state index in [1.54, 1.807) is 60.7 Å². The highest BCUT2D eigenvalue weighted by Gasteiger charge is 2.32. The summed E-state index contributed by atoms with van der Waals surface area (Å²) in [6.07, 6.45) is 3.67. The number of hydrogen-bond acceptors (Lipinski definition) is 4. The molecular weight excluding hydrogens is 469 g/mol. The molecule has 7 heteroatoms. The highest BCUT2D eigenvalue weighted by Crippen LogP contribution is 2.34. The summed E-state index contributed by atoms with van der Waals surface area (Å²) in [6.45, 7) is 6.63. The van der Waals surface area contributed by atoms with Crippen LogP contribution in [0.1, 0.15) is 27.8 Å². The number of benzene rings is 3. The van der Waals surface area contributed by atoms with Crippen LogP contribution < -0.4 is 9.47 Å². The zero-order valence-electron chi connectivity index (χ0n) is 19.0. The van der Waals surface area contributed by atoms with Crippen LogP contribution in [0.5, 0.6) is 11.5 Å². The zero-order chi connectivity index (χ0) is 26.1. The second kappa shape index (κ2) is 11.7. The van der Waals surface area contributed by atoms with Crippen molar-refractivity contribution in [2.24, 2.45) is 0 Å². The molecule has 3 aromatic carbocycles. The minimum atomic E-state index is -4.55. The van der Waals surface area contributed by atoms with Gasteiger partial charge in [-0.1, -0.05) is 73.9 Å². The first-order valence-electron chi connectivity index (χ1n) is 10.6. The first-order chi connectivity index (χ1) is 17.2. The van der Waals surface area contributed by atoms with Gasteiger partial charge >= 0.3 is 18.1 Å². The van der Waals surface area contributed by atoms with E-state index in [9.17, 15) is 22.8 Å². The standard InChI is InChI=1S/C29H21F3O4/c1-3-27(33)35-24-15-9-20(10-16-24)5-6-22-8-14-23(26(19-22)29(30,31)32)13-7-21-11-17-25(18-12-21)36-28(34)4-2/h3-19H,1-2H2/b6-5+,13-7+. The van der Waals surface area contributed by atoms with Gasteiger partial charge < -0.3 is 9.47 Å². The minimum absolute atomic E-state index is 0.00944. The van der Waals surface area contributed by atoms with Crippen molar-refractivity contribution in [3.8, 4) is 11.5 Å². The lowest BCUT2D eigenvalue weighted by molar-refractivity contribution is -0.137. The Balaban J connectivity index is 1.77. The van der Waals surface area contributed by atoms with Crippen molar-refractivity contribution < 1.29 is 32.2 Å². The molecule has 0 bridgehead atoms. The van der Waals surface area contributed by atoms with Crippen molar-refractivity contribution in [3.05, 3.63) is 120 Å². The maximum Gasteiger partial charge on any atom is 0.417 e. The quantitative estimate of drug-likeness (QED) is 0.145. The van der Waals surface area contributed by atoms with Crippen LogP contribution in [-0.2, 0) is 15.8 Å². The molecular formula is C29H21F3O4. The Morgan fingerprint density at radius 2 is 1.06 bits per heavy atom. The molecule has 0 amide bonds. The topological polar surface area (TPSA) is 52.6 Å². The monoisotopic (exact) mass is 490 g/mol. The summed E-state index contributed by atoms with van der Waals surface area (Å²) in [4.78, 5) is 22.5. The fourth-order valence-corrected chi connectivity index (χ4v) is 3.06. The Morgan fingerprint density at radius 3 is 1.50 bits per heavy atom. The van der Waals surface area contributed by atoms with E-state index in [1.165, 1.54) is 24.3 Å². The molecule has 0 saturated heterocycles. The van der Waals surface area contributed by atoms with Crippen LogP contribution in [-0.4, -0.2) is 11.9 Å². The Hall–Kier alpha value is -4.65. The van der Waals surface area contributed by atoms with E-state index in [0.717, 1.165) is 18.2 Å². The van der Waals surface area contributed by atoms with E-state index in [4.69, 9.17) is 9.47 Å². The zero-order valence-corrected chi connectivity index (χ0v) is 19.0. The summed E-state index contributed by atoms with van der Waals surface area (Å²) >= 11 is 0. The number of carbonyl (C=O) groups is 2. The van der Waals surface area contributed by atoms with Gasteiger partial charge in [0, 0.05) is 12.2 Å². The molecule has 0 aliphatic carbocycles. The second-order valence-corrected chi connectivity index (χ2v) is 7.40. The fraction of sp³-hybridized carbons (Fsp3) is 0.0345. The van der Waals surface area contributed by atoms with Gasteiger partial charge in [-0.25, -0.2) is 9.59 Å². The molecule has 0 N–H and O–H groups in total. The first-order valence-corrected chi connectivity index (χ1v) is 10.6. The number of carbonyl (C=O) groups excluding carboxylic acids is 2. The fourth-order valence-electron chi connectivity index (χ4n) is 3.06. The molecule has 0 aromatic heterocycles. The van der Waals surface area contributed by atoms with Crippen LogP contribution in [0, 0.1) is 0 Å². The normalized spacial score (nSPS) is 11.4. The van der Waals surface area contributed by atoms with Crippen LogP contribution in [0.4, 0.5) is 13.2 Å². The van der Waals surface area contributed by atoms with Gasteiger partial charge in [0.2, 0.25) is 0 Å². The van der Waals surface area contributed by atoms with Crippen LogP contribution >= 0.6 is 0 Å². The van der Waals surface area contributed by atoms with Crippen molar-refractivity contribution in [1.29, 1.82) is 0 Å². The predicted octanol–water partition coefficient (Wildman–Crippen LogP) is 7.23. The average Bonchev–Trinajstić information content (AvgIpc) is 2.87. The highest BCUT2D eigenvalue weighted by atomic mass is 19.4. The van der Waals surface area contributed by atoms with Gasteiger partial charge in [0.25, 0.3) is 0 Å². The van der Waals surface area contributed by atoms with Gasteiger partial charge in [0.05, 0.1) is 5.56 Å². The number of halogens is 3.